The van der Waals surface area contributed by atoms with E-state index >= 15 is 0 Å². The maximum absolute atomic E-state index is 8.36. The molecule has 0 aliphatic rings. The molecule has 0 aromatic heterocycles. The molecule has 0 aromatic carbocycles. The van der Waals surface area contributed by atoms with Gasteiger partial charge in [-0.25, -0.2) is 0 Å². The van der Waals surface area contributed by atoms with Crippen molar-refractivity contribution in [1.82, 2.24) is 5.32 Å². The van der Waals surface area contributed by atoms with Crippen molar-refractivity contribution in [3.63, 3.8) is 0 Å². The van der Waals surface area contributed by atoms with Gasteiger partial charge in [-0.05, 0) is 20.0 Å². The third kappa shape index (κ3) is 65.7. The van der Waals surface area contributed by atoms with Gasteiger partial charge in [-0.3, -0.25) is 4.79 Å². The Morgan fingerprint density at radius 1 is 0.517 bits per heavy atom. The first-order valence-electron chi connectivity index (χ1n) is 12.9. The Morgan fingerprint density at radius 3 is 0.931 bits per heavy atom. The fourth-order valence-electron chi connectivity index (χ4n) is 2.79. The monoisotopic (exact) mass is 417 g/mol. The molecule has 0 rings (SSSR count). The number of nitrogens with one attached hydrogen (secondary N) is 1. The number of rotatable bonds is 17. The van der Waals surface area contributed by atoms with Gasteiger partial charge >= 0.3 is 0 Å². The summed E-state index contributed by atoms with van der Waals surface area (Å²) < 4.78 is 0. The van der Waals surface area contributed by atoms with Crippen LogP contribution < -0.4 is 5.32 Å². The van der Waals surface area contributed by atoms with Crippen LogP contribution in [0.2, 0.25) is 0 Å². The smallest absolute Gasteiger partial charge is 0.290 e. The Labute approximate surface area is 185 Å². The van der Waals surface area contributed by atoms with E-state index < -0.39 is 0 Å². The molecule has 0 saturated carbocycles. The molecule has 3 heteroatoms. The van der Waals surface area contributed by atoms with E-state index in [-0.39, 0.29) is 6.47 Å². The van der Waals surface area contributed by atoms with Gasteiger partial charge in [0.05, 0.1) is 0 Å². The summed E-state index contributed by atoms with van der Waals surface area (Å²) in [4.78, 5) is 8.36. The van der Waals surface area contributed by atoms with Gasteiger partial charge in [0.1, 0.15) is 0 Å². The lowest BCUT2D eigenvalue weighted by atomic mass is 10.1. The van der Waals surface area contributed by atoms with Crippen molar-refractivity contribution < 1.29 is 9.90 Å². The largest absolute Gasteiger partial charge is 0.483 e. The first kappa shape index (κ1) is 35.8. The Kier molecular flexibility index (Phi) is 56.7. The van der Waals surface area contributed by atoms with Crippen LogP contribution in [0.3, 0.4) is 0 Å². The second-order valence-corrected chi connectivity index (χ2v) is 7.81. The molecule has 0 aliphatic heterocycles. The maximum Gasteiger partial charge on any atom is 0.290 e. The van der Waals surface area contributed by atoms with Gasteiger partial charge in [0.15, 0.2) is 0 Å². The molecule has 0 saturated heterocycles. The van der Waals surface area contributed by atoms with Crippen LogP contribution in [0.4, 0.5) is 0 Å². The SMILES string of the molecule is CCCCCCCC.CCCCCCCC.CCCCCCCCNC.O=CO. The molecule has 0 unspecified atom stereocenters. The van der Waals surface area contributed by atoms with Crippen LogP contribution in [0.25, 0.3) is 0 Å². The van der Waals surface area contributed by atoms with E-state index in [1.807, 2.05) is 7.05 Å². The van der Waals surface area contributed by atoms with E-state index in [2.05, 4.69) is 39.9 Å². The molecule has 0 heterocycles. The zero-order chi connectivity index (χ0) is 22.8. The van der Waals surface area contributed by atoms with Crippen molar-refractivity contribution in [3.05, 3.63) is 0 Å². The number of unbranched alkanes of at least 4 members (excludes halogenated alkanes) is 15. The Hall–Kier alpha value is -0.570. The fourth-order valence-corrected chi connectivity index (χ4v) is 2.79. The summed E-state index contributed by atoms with van der Waals surface area (Å²) in [6, 6.07) is 0. The standard InChI is InChI=1S/C9H21N.2C8H18.CH2O2/c1-3-4-5-6-7-8-9-10-2;2*1-3-5-7-8-6-4-2;2-1-3/h10H,3-9H2,1-2H3;2*3-8H2,1-2H3;1H,(H,2,3). The van der Waals surface area contributed by atoms with E-state index in [0.717, 1.165) is 0 Å². The Bertz CT molecular complexity index is 191. The van der Waals surface area contributed by atoms with E-state index in [9.17, 15) is 0 Å². The van der Waals surface area contributed by atoms with Gasteiger partial charge in [-0.1, -0.05) is 144 Å². The predicted molar refractivity (Wildman–Crippen MR) is 134 cm³/mol. The van der Waals surface area contributed by atoms with Gasteiger partial charge in [0, 0.05) is 0 Å². The molecule has 180 valence electrons. The van der Waals surface area contributed by atoms with Crippen LogP contribution in [0, 0.1) is 0 Å². The lowest BCUT2D eigenvalue weighted by Crippen LogP contribution is -2.06. The summed E-state index contributed by atoms with van der Waals surface area (Å²) in [5, 5.41) is 10.0. The summed E-state index contributed by atoms with van der Waals surface area (Å²) in [7, 11) is 2.02. The van der Waals surface area contributed by atoms with Gasteiger partial charge in [-0.15, -0.1) is 0 Å². The number of hydrogen-bond acceptors (Lipinski definition) is 2. The second-order valence-electron chi connectivity index (χ2n) is 7.81. The molecule has 0 amide bonds. The van der Waals surface area contributed by atoms with Crippen molar-refractivity contribution in [2.24, 2.45) is 0 Å². The first-order chi connectivity index (χ1) is 14.2. The minimum Gasteiger partial charge on any atom is -0.483 e. The Morgan fingerprint density at radius 2 is 0.724 bits per heavy atom. The number of hydrogen-bond donors (Lipinski definition) is 2. The first-order valence-corrected chi connectivity index (χ1v) is 12.9. The van der Waals surface area contributed by atoms with Crippen molar-refractivity contribution in [1.29, 1.82) is 0 Å². The molecular formula is C26H59NO2. The highest BCUT2D eigenvalue weighted by molar-refractivity contribution is 5.32. The third-order valence-corrected chi connectivity index (χ3v) is 4.69. The van der Waals surface area contributed by atoms with Crippen LogP contribution in [0.15, 0.2) is 0 Å². The molecule has 0 radical (unpaired) electrons. The second kappa shape index (κ2) is 45.9. The predicted octanol–water partition coefficient (Wildman–Crippen LogP) is 9.00. The van der Waals surface area contributed by atoms with Gasteiger partial charge < -0.3 is 10.4 Å². The zero-order valence-electron chi connectivity index (χ0n) is 21.4. The summed E-state index contributed by atoms with van der Waals surface area (Å²) in [6.07, 6.45) is 25.4. The average molecular weight is 418 g/mol. The quantitative estimate of drug-likeness (QED) is 0.183. The lowest BCUT2D eigenvalue weighted by Gasteiger charge is -1.98. The minimum absolute atomic E-state index is 0.250. The number of carboxylic acid groups (broad SMARTS) is 1. The van der Waals surface area contributed by atoms with Gasteiger partial charge in [0.2, 0.25) is 0 Å². The van der Waals surface area contributed by atoms with Crippen LogP contribution in [-0.4, -0.2) is 25.2 Å². The zero-order valence-corrected chi connectivity index (χ0v) is 21.4. The molecular weight excluding hydrogens is 358 g/mol. The van der Waals surface area contributed by atoms with Crippen LogP contribution in [0.5, 0.6) is 0 Å². The van der Waals surface area contributed by atoms with E-state index in [1.165, 1.54) is 122 Å². The molecule has 3 nitrogen and oxygen atoms in total. The lowest BCUT2D eigenvalue weighted by molar-refractivity contribution is -0.122. The maximum atomic E-state index is 8.36. The molecule has 29 heavy (non-hydrogen) atoms. The Balaban J connectivity index is -0.000000152. The molecule has 2 N–H and O–H groups in total. The summed E-state index contributed by atoms with van der Waals surface area (Å²) in [6.45, 7) is 12.2. The van der Waals surface area contributed by atoms with E-state index in [1.54, 1.807) is 0 Å². The molecule has 0 aromatic rings. The topological polar surface area (TPSA) is 49.3 Å². The van der Waals surface area contributed by atoms with Crippen molar-refractivity contribution >= 4 is 6.47 Å². The summed E-state index contributed by atoms with van der Waals surface area (Å²) in [5.41, 5.74) is 0. The minimum atomic E-state index is -0.250. The van der Waals surface area contributed by atoms with E-state index in [4.69, 9.17) is 9.90 Å². The highest BCUT2D eigenvalue weighted by atomic mass is 16.3. The fraction of sp³-hybridized carbons (Fsp3) is 0.962. The molecule has 0 fully saturated rings. The average Bonchev–Trinajstić information content (AvgIpc) is 2.73. The highest BCUT2D eigenvalue weighted by Crippen LogP contribution is 2.04. The van der Waals surface area contributed by atoms with Crippen LogP contribution >= 0.6 is 0 Å². The van der Waals surface area contributed by atoms with Crippen LogP contribution in [-0.2, 0) is 4.79 Å². The summed E-state index contributed by atoms with van der Waals surface area (Å²) in [5.74, 6) is 0. The molecule has 0 spiro atoms. The van der Waals surface area contributed by atoms with Gasteiger partial charge in [-0.2, -0.15) is 0 Å². The third-order valence-electron chi connectivity index (χ3n) is 4.69. The summed E-state index contributed by atoms with van der Waals surface area (Å²) >= 11 is 0. The van der Waals surface area contributed by atoms with Crippen molar-refractivity contribution in [3.8, 4) is 0 Å². The van der Waals surface area contributed by atoms with Crippen molar-refractivity contribution in [2.45, 2.75) is 150 Å². The highest BCUT2D eigenvalue weighted by Gasteiger charge is 1.87. The van der Waals surface area contributed by atoms with E-state index in [0.29, 0.717) is 0 Å². The molecule has 0 aliphatic carbocycles. The molecule has 0 bridgehead atoms. The van der Waals surface area contributed by atoms with Crippen molar-refractivity contribution in [2.75, 3.05) is 13.6 Å². The van der Waals surface area contributed by atoms with Gasteiger partial charge in [0.25, 0.3) is 6.47 Å². The normalized spacial score (nSPS) is 9.31. The molecule has 0 atom stereocenters. The number of carbonyl (C=O) groups is 1. The van der Waals surface area contributed by atoms with Crippen LogP contribution in [0.1, 0.15) is 150 Å².